The van der Waals surface area contributed by atoms with E-state index in [4.69, 9.17) is 0 Å². The monoisotopic (exact) mass is 530 g/mol. The van der Waals surface area contributed by atoms with Crippen LogP contribution in [0, 0.1) is 12.8 Å². The molecule has 0 bridgehead atoms. The van der Waals surface area contributed by atoms with Gasteiger partial charge >= 0.3 is 0 Å². The number of rotatable bonds is 6. The summed E-state index contributed by atoms with van der Waals surface area (Å²) < 4.78 is 0. The zero-order valence-corrected chi connectivity index (χ0v) is 23.3. The first-order valence-electron chi connectivity index (χ1n) is 14.0. The maximum absolute atomic E-state index is 13.3. The fourth-order valence-electron chi connectivity index (χ4n) is 5.47. The minimum absolute atomic E-state index is 0.112. The van der Waals surface area contributed by atoms with Crippen molar-refractivity contribution in [3.8, 4) is 0 Å². The highest BCUT2D eigenvalue weighted by atomic mass is 16.1. The van der Waals surface area contributed by atoms with Gasteiger partial charge in [0.2, 0.25) is 5.95 Å². The van der Waals surface area contributed by atoms with Gasteiger partial charge in [0.1, 0.15) is 0 Å². The predicted octanol–water partition coefficient (Wildman–Crippen LogP) is 7.47. The van der Waals surface area contributed by atoms with Crippen LogP contribution in [0.1, 0.15) is 67.7 Å². The van der Waals surface area contributed by atoms with Gasteiger partial charge in [0, 0.05) is 41.6 Å². The molecule has 3 aromatic rings. The molecule has 7 heteroatoms. The quantitative estimate of drug-likeness (QED) is 0.255. The van der Waals surface area contributed by atoms with E-state index in [-0.39, 0.29) is 5.78 Å². The number of aliphatic imine (C=N–C) groups is 2. The van der Waals surface area contributed by atoms with Gasteiger partial charge in [-0.3, -0.25) is 14.8 Å². The number of nitrogens with one attached hydrogen (secondary N) is 2. The summed E-state index contributed by atoms with van der Waals surface area (Å²) in [4.78, 5) is 34.9. The number of nitrogens with zero attached hydrogens (tertiary/aromatic N) is 4. The Labute approximate surface area is 234 Å². The third-order valence-corrected chi connectivity index (χ3v) is 7.69. The molecule has 1 aromatic carbocycles. The van der Waals surface area contributed by atoms with Crippen LogP contribution in [-0.2, 0) is 0 Å². The lowest BCUT2D eigenvalue weighted by Crippen LogP contribution is -2.03. The van der Waals surface area contributed by atoms with Gasteiger partial charge in [0.25, 0.3) is 0 Å². The molecule has 0 spiro atoms. The van der Waals surface area contributed by atoms with Gasteiger partial charge in [0.15, 0.2) is 5.78 Å². The van der Waals surface area contributed by atoms with E-state index >= 15 is 0 Å². The van der Waals surface area contributed by atoms with Crippen LogP contribution in [0.5, 0.6) is 0 Å². The molecule has 0 amide bonds. The fraction of sp³-hybridized carbons (Fsp3) is 0.303. The van der Waals surface area contributed by atoms with Crippen molar-refractivity contribution in [2.75, 3.05) is 11.9 Å². The average molecular weight is 531 g/mol. The highest BCUT2D eigenvalue weighted by molar-refractivity contribution is 6.01. The molecule has 1 unspecified atom stereocenters. The van der Waals surface area contributed by atoms with Gasteiger partial charge in [-0.05, 0) is 86.4 Å². The molecule has 7 nitrogen and oxygen atoms in total. The Morgan fingerprint density at radius 1 is 1.12 bits per heavy atom. The molecule has 1 aliphatic carbocycles. The Morgan fingerprint density at radius 2 is 2.02 bits per heavy atom. The number of aromatic nitrogens is 3. The zero-order valence-electron chi connectivity index (χ0n) is 23.3. The number of benzene rings is 1. The Morgan fingerprint density at radius 3 is 2.88 bits per heavy atom. The normalized spacial score (nSPS) is 19.0. The second-order valence-electron chi connectivity index (χ2n) is 11.1. The number of carbonyl (C=O) groups is 1. The molecule has 6 rings (SSSR count). The average Bonchev–Trinajstić information content (AvgIpc) is 3.19. The van der Waals surface area contributed by atoms with E-state index in [1.54, 1.807) is 6.20 Å². The summed E-state index contributed by atoms with van der Waals surface area (Å²) >= 11 is 0. The van der Waals surface area contributed by atoms with Crippen LogP contribution in [0.15, 0.2) is 81.0 Å². The molecule has 2 aliphatic heterocycles. The summed E-state index contributed by atoms with van der Waals surface area (Å²) in [5.41, 5.74) is 10.3. The van der Waals surface area contributed by atoms with Crippen molar-refractivity contribution in [2.24, 2.45) is 15.9 Å². The molecule has 4 heterocycles. The fourth-order valence-corrected chi connectivity index (χ4v) is 5.47. The number of allylic oxidation sites excluding steroid dienone is 6. The van der Waals surface area contributed by atoms with Crippen molar-refractivity contribution in [1.82, 2.24) is 15.0 Å². The molecule has 1 atom stereocenters. The summed E-state index contributed by atoms with van der Waals surface area (Å²) in [5, 5.41) is 4.32. The van der Waals surface area contributed by atoms with E-state index in [2.05, 4.69) is 62.3 Å². The first-order chi connectivity index (χ1) is 19.4. The highest BCUT2D eigenvalue weighted by Gasteiger charge is 2.17. The van der Waals surface area contributed by atoms with Gasteiger partial charge < -0.3 is 10.3 Å². The predicted molar refractivity (Wildman–Crippen MR) is 164 cm³/mol. The Kier molecular flexibility index (Phi) is 7.11. The second-order valence-corrected chi connectivity index (χ2v) is 11.1. The molecule has 0 fully saturated rings. The van der Waals surface area contributed by atoms with Crippen LogP contribution in [0.4, 0.5) is 11.6 Å². The molecule has 202 valence electrons. The number of hydrogen-bond acceptors (Lipinski definition) is 6. The van der Waals surface area contributed by atoms with Crippen LogP contribution in [0.25, 0.3) is 16.6 Å². The number of hydrogen-bond donors (Lipinski definition) is 2. The number of aryl methyl sites for hydroxylation is 1. The van der Waals surface area contributed by atoms with Crippen molar-refractivity contribution in [1.29, 1.82) is 0 Å². The zero-order chi connectivity index (χ0) is 27.6. The van der Waals surface area contributed by atoms with E-state index in [9.17, 15) is 4.79 Å². The summed E-state index contributed by atoms with van der Waals surface area (Å²) in [7, 11) is 0. The lowest BCUT2D eigenvalue weighted by molar-refractivity contribution is 0.0988. The molecule has 3 aliphatic rings. The number of aromatic amines is 1. The van der Waals surface area contributed by atoms with Crippen molar-refractivity contribution >= 4 is 46.4 Å². The number of fused-ring (bicyclic) bond motifs is 1. The molecule has 0 saturated heterocycles. The Hall–Kier alpha value is -4.39. The van der Waals surface area contributed by atoms with Crippen molar-refractivity contribution in [3.05, 3.63) is 87.9 Å². The van der Waals surface area contributed by atoms with Gasteiger partial charge in [0.05, 0.1) is 23.6 Å². The molecule has 0 saturated carbocycles. The van der Waals surface area contributed by atoms with E-state index in [0.29, 0.717) is 24.0 Å². The number of Topliss-reactive ketones (excluding diaryl/α,β-unsaturated/α-hetero) is 1. The highest BCUT2D eigenvalue weighted by Crippen LogP contribution is 2.30. The lowest BCUT2D eigenvalue weighted by Gasteiger charge is -2.12. The first kappa shape index (κ1) is 25.9. The molecule has 2 aromatic heterocycles. The van der Waals surface area contributed by atoms with E-state index in [1.165, 1.54) is 22.3 Å². The van der Waals surface area contributed by atoms with Crippen LogP contribution >= 0.6 is 0 Å². The Bertz CT molecular complexity index is 1680. The largest absolute Gasteiger partial charge is 0.352 e. The molecular weight excluding hydrogens is 496 g/mol. The number of anilines is 2. The molecule has 0 radical (unpaired) electrons. The Balaban J connectivity index is 1.17. The molecule has 2 N–H and O–H groups in total. The first-order valence-corrected chi connectivity index (χ1v) is 14.0. The van der Waals surface area contributed by atoms with E-state index in [0.717, 1.165) is 65.8 Å². The smallest absolute Gasteiger partial charge is 0.227 e. The van der Waals surface area contributed by atoms with Crippen LogP contribution < -0.4 is 5.32 Å². The van der Waals surface area contributed by atoms with Crippen LogP contribution in [0.3, 0.4) is 0 Å². The number of H-pyrrole nitrogens is 1. The SMILES string of the molecule is CC1=CC2=C(C=NC1)CCC(CC(=O)c1cc3cc(Nc4nccc(C5=CCC(C)C=N5)n4)cc(C)c3[nH]1)=CC2. The van der Waals surface area contributed by atoms with Crippen molar-refractivity contribution < 1.29 is 4.79 Å². The minimum Gasteiger partial charge on any atom is -0.352 e. The third-order valence-electron chi connectivity index (χ3n) is 7.69. The maximum Gasteiger partial charge on any atom is 0.227 e. The van der Waals surface area contributed by atoms with Crippen LogP contribution in [-0.4, -0.2) is 39.7 Å². The third kappa shape index (κ3) is 5.64. The standard InChI is InChI=1S/C33H34N6O/c1-20-4-9-28(36-18-20)29-10-11-35-33(39-29)37-27-13-22(3)32-26(15-27)16-30(38-32)31(40)14-23-5-7-24-12-21(2)17-34-19-25(24)8-6-23/h5,9-13,15-16,18-20,38H,4,6-8,14,17H2,1-3H3,(H,35,37,39). The second kappa shape index (κ2) is 11.0. The number of carbonyl (C=O) groups excluding carboxylic acids is 1. The van der Waals surface area contributed by atoms with Crippen molar-refractivity contribution in [3.63, 3.8) is 0 Å². The van der Waals surface area contributed by atoms with Crippen molar-refractivity contribution in [2.45, 2.75) is 52.9 Å². The summed E-state index contributed by atoms with van der Waals surface area (Å²) in [6.45, 7) is 7.09. The van der Waals surface area contributed by atoms with E-state index < -0.39 is 0 Å². The van der Waals surface area contributed by atoms with Gasteiger partial charge in [-0.25, -0.2) is 9.97 Å². The van der Waals surface area contributed by atoms with Crippen LogP contribution in [0.2, 0.25) is 0 Å². The van der Waals surface area contributed by atoms with E-state index in [1.807, 2.05) is 43.6 Å². The minimum atomic E-state index is 0.112. The molecule has 40 heavy (non-hydrogen) atoms. The van der Waals surface area contributed by atoms with Gasteiger partial charge in [-0.1, -0.05) is 36.3 Å². The maximum atomic E-state index is 13.3. The van der Waals surface area contributed by atoms with Gasteiger partial charge in [-0.15, -0.1) is 0 Å². The van der Waals surface area contributed by atoms with Gasteiger partial charge in [-0.2, -0.15) is 0 Å². The number of ketones is 1. The topological polar surface area (TPSA) is 95.4 Å². The summed E-state index contributed by atoms with van der Waals surface area (Å²) in [6, 6.07) is 7.92. The molecular formula is C33H34N6O. The summed E-state index contributed by atoms with van der Waals surface area (Å²) in [5.74, 6) is 1.07. The lowest BCUT2D eigenvalue weighted by atomic mass is 10.0. The summed E-state index contributed by atoms with van der Waals surface area (Å²) in [6.07, 6.45) is 16.4.